The van der Waals surface area contributed by atoms with Crippen molar-refractivity contribution >= 4 is 40.6 Å². The lowest BCUT2D eigenvalue weighted by atomic mass is 10.1. The van der Waals surface area contributed by atoms with Gasteiger partial charge in [0.15, 0.2) is 0 Å². The van der Waals surface area contributed by atoms with Crippen molar-refractivity contribution in [3.05, 3.63) is 48.5 Å². The van der Waals surface area contributed by atoms with Crippen LogP contribution in [0, 0.1) is 0 Å². The highest BCUT2D eigenvalue weighted by Gasteiger charge is 2.31. The lowest BCUT2D eigenvalue weighted by molar-refractivity contribution is -0.122. The quantitative estimate of drug-likeness (QED) is 0.699. The Morgan fingerprint density at radius 1 is 1.08 bits per heavy atom. The molecule has 2 amide bonds. The summed E-state index contributed by atoms with van der Waals surface area (Å²) in [7, 11) is 0. The second-order valence-electron chi connectivity index (χ2n) is 5.53. The number of hydrogen-bond donors (Lipinski definition) is 3. The number of nitrogens with one attached hydrogen (secondary N) is 3. The number of para-hydroxylation sites is 3. The molecular weight excluding hydrogens is 367 g/mol. The summed E-state index contributed by atoms with van der Waals surface area (Å²) < 4.78 is 37.8. The second-order valence-corrected chi connectivity index (χ2v) is 6.63. The van der Waals surface area contributed by atoms with E-state index >= 15 is 0 Å². The molecule has 2 aromatic rings. The third-order valence-corrected chi connectivity index (χ3v) is 4.41. The van der Waals surface area contributed by atoms with Crippen LogP contribution in [0.3, 0.4) is 0 Å². The van der Waals surface area contributed by atoms with Crippen LogP contribution in [-0.2, 0) is 9.59 Å². The third kappa shape index (κ3) is 4.48. The van der Waals surface area contributed by atoms with Gasteiger partial charge in [0.05, 0.1) is 23.5 Å². The fourth-order valence-corrected chi connectivity index (χ4v) is 3.13. The first-order chi connectivity index (χ1) is 12.3. The van der Waals surface area contributed by atoms with E-state index in [4.69, 9.17) is 0 Å². The molecule has 0 aliphatic carbocycles. The number of fused-ring (bicyclic) bond motifs is 1. The number of anilines is 3. The predicted octanol–water partition coefficient (Wildman–Crippen LogP) is 4.06. The van der Waals surface area contributed by atoms with E-state index in [2.05, 4.69) is 16.0 Å². The molecule has 3 rings (SSSR count). The number of alkyl halides is 3. The molecule has 136 valence electrons. The van der Waals surface area contributed by atoms with Crippen molar-refractivity contribution < 1.29 is 22.8 Å². The van der Waals surface area contributed by atoms with E-state index in [9.17, 15) is 22.8 Å². The summed E-state index contributed by atoms with van der Waals surface area (Å²) in [6, 6.07) is 11.9. The van der Waals surface area contributed by atoms with Crippen LogP contribution in [0.5, 0.6) is 0 Å². The largest absolute Gasteiger partial charge is 0.446 e. The first-order valence-electron chi connectivity index (χ1n) is 7.63. The van der Waals surface area contributed by atoms with Crippen LogP contribution >= 0.6 is 11.8 Å². The van der Waals surface area contributed by atoms with Crippen LogP contribution in [0.1, 0.15) is 6.42 Å². The predicted molar refractivity (Wildman–Crippen MR) is 94.1 cm³/mol. The summed E-state index contributed by atoms with van der Waals surface area (Å²) in [5.41, 5.74) is -3.12. The van der Waals surface area contributed by atoms with E-state index in [0.29, 0.717) is 11.4 Å². The minimum atomic E-state index is -4.46. The average molecular weight is 381 g/mol. The molecule has 0 radical (unpaired) electrons. The number of benzene rings is 2. The highest BCUT2D eigenvalue weighted by Crippen LogP contribution is 2.40. The van der Waals surface area contributed by atoms with E-state index in [1.807, 2.05) is 0 Å². The topological polar surface area (TPSA) is 70.2 Å². The summed E-state index contributed by atoms with van der Waals surface area (Å²) in [6.07, 6.45) is -0.217. The maximum Gasteiger partial charge on any atom is 0.446 e. The molecule has 0 saturated heterocycles. The van der Waals surface area contributed by atoms with Gasteiger partial charge in [0, 0.05) is 4.90 Å². The van der Waals surface area contributed by atoms with Gasteiger partial charge >= 0.3 is 5.51 Å². The highest BCUT2D eigenvalue weighted by atomic mass is 32.2. The minimum Gasteiger partial charge on any atom is -0.372 e. The van der Waals surface area contributed by atoms with Gasteiger partial charge in [-0.15, -0.1) is 0 Å². The zero-order chi connectivity index (χ0) is 18.7. The minimum absolute atomic E-state index is 0.0523. The van der Waals surface area contributed by atoms with Crippen molar-refractivity contribution in [1.29, 1.82) is 0 Å². The standard InChI is InChI=1S/C17H14F3N3O2S/c18-17(19,20)26-14-8-4-3-7-12(14)22-15(24)9-13-16(25)23-11-6-2-1-5-10(11)21-13/h1-8,13,21H,9H2,(H,22,24)(H,23,25)/t13-/m1/s1. The number of carbonyl (C=O) groups is 2. The van der Waals surface area contributed by atoms with E-state index < -0.39 is 17.5 Å². The molecular formula is C17H14F3N3O2S. The number of carbonyl (C=O) groups excluding carboxylic acids is 2. The Hall–Kier alpha value is -2.68. The molecule has 1 atom stereocenters. The van der Waals surface area contributed by atoms with E-state index in [1.165, 1.54) is 24.3 Å². The SMILES string of the molecule is O=C(C[C@H]1Nc2ccccc2NC1=O)Nc1ccccc1SC(F)(F)F. The molecule has 0 bridgehead atoms. The first kappa shape index (κ1) is 18.1. The van der Waals surface area contributed by atoms with Gasteiger partial charge in [-0.2, -0.15) is 13.2 Å². The third-order valence-electron chi connectivity index (χ3n) is 3.61. The Morgan fingerprint density at radius 2 is 1.73 bits per heavy atom. The molecule has 1 heterocycles. The fraction of sp³-hybridized carbons (Fsp3) is 0.176. The van der Waals surface area contributed by atoms with Crippen LogP contribution in [0.2, 0.25) is 0 Å². The van der Waals surface area contributed by atoms with Crippen LogP contribution in [0.4, 0.5) is 30.2 Å². The zero-order valence-corrected chi connectivity index (χ0v) is 14.1. The first-order valence-corrected chi connectivity index (χ1v) is 8.44. The Morgan fingerprint density at radius 3 is 2.46 bits per heavy atom. The number of halogens is 3. The smallest absolute Gasteiger partial charge is 0.372 e. The molecule has 0 unspecified atom stereocenters. The van der Waals surface area contributed by atoms with E-state index in [0.717, 1.165) is 0 Å². The Kier molecular flexibility index (Phi) is 5.08. The molecule has 5 nitrogen and oxygen atoms in total. The van der Waals surface area contributed by atoms with Crippen LogP contribution in [0.25, 0.3) is 0 Å². The van der Waals surface area contributed by atoms with Gasteiger partial charge in [-0.05, 0) is 36.0 Å². The van der Waals surface area contributed by atoms with Crippen molar-refractivity contribution in [2.45, 2.75) is 22.9 Å². The van der Waals surface area contributed by atoms with Crippen LogP contribution in [-0.4, -0.2) is 23.4 Å². The molecule has 3 N–H and O–H groups in total. The summed E-state index contributed by atoms with van der Waals surface area (Å²) >= 11 is -0.303. The lowest BCUT2D eigenvalue weighted by Gasteiger charge is -2.26. The maximum atomic E-state index is 12.6. The van der Waals surface area contributed by atoms with Gasteiger partial charge in [-0.25, -0.2) is 0 Å². The van der Waals surface area contributed by atoms with Gasteiger partial charge in [0.25, 0.3) is 0 Å². The molecule has 26 heavy (non-hydrogen) atoms. The Bertz CT molecular complexity index is 842. The summed E-state index contributed by atoms with van der Waals surface area (Å²) in [6.45, 7) is 0. The summed E-state index contributed by atoms with van der Waals surface area (Å²) in [5, 5.41) is 8.09. The molecule has 0 fully saturated rings. The maximum absolute atomic E-state index is 12.6. The number of hydrogen-bond acceptors (Lipinski definition) is 4. The van der Waals surface area contributed by atoms with Crippen LogP contribution in [0.15, 0.2) is 53.4 Å². The van der Waals surface area contributed by atoms with Gasteiger partial charge in [0.2, 0.25) is 11.8 Å². The second kappa shape index (κ2) is 7.28. The van der Waals surface area contributed by atoms with Crippen molar-refractivity contribution in [3.63, 3.8) is 0 Å². The molecule has 0 aromatic heterocycles. The number of amides is 2. The van der Waals surface area contributed by atoms with Crippen molar-refractivity contribution in [2.75, 3.05) is 16.0 Å². The molecule has 0 saturated carbocycles. The highest BCUT2D eigenvalue weighted by molar-refractivity contribution is 8.00. The number of thioether (sulfide) groups is 1. The van der Waals surface area contributed by atoms with Gasteiger partial charge in [0.1, 0.15) is 6.04 Å². The molecule has 1 aliphatic rings. The Balaban J connectivity index is 1.68. The van der Waals surface area contributed by atoms with Crippen LogP contribution < -0.4 is 16.0 Å². The van der Waals surface area contributed by atoms with Gasteiger partial charge < -0.3 is 16.0 Å². The fourth-order valence-electron chi connectivity index (χ4n) is 2.51. The van der Waals surface area contributed by atoms with E-state index in [1.54, 1.807) is 24.3 Å². The number of rotatable bonds is 4. The van der Waals surface area contributed by atoms with E-state index in [-0.39, 0.29) is 34.7 Å². The molecule has 9 heteroatoms. The van der Waals surface area contributed by atoms with Gasteiger partial charge in [-0.1, -0.05) is 24.3 Å². The van der Waals surface area contributed by atoms with Crippen molar-refractivity contribution in [3.8, 4) is 0 Å². The lowest BCUT2D eigenvalue weighted by Crippen LogP contribution is -2.41. The van der Waals surface area contributed by atoms with Gasteiger partial charge in [-0.3, -0.25) is 9.59 Å². The van der Waals surface area contributed by atoms with Crippen molar-refractivity contribution in [2.24, 2.45) is 0 Å². The monoisotopic (exact) mass is 381 g/mol. The summed E-state index contributed by atoms with van der Waals surface area (Å²) in [5.74, 6) is -0.941. The summed E-state index contributed by atoms with van der Waals surface area (Å²) in [4.78, 5) is 24.2. The molecule has 2 aromatic carbocycles. The molecule has 0 spiro atoms. The van der Waals surface area contributed by atoms with Crippen molar-refractivity contribution in [1.82, 2.24) is 0 Å². The zero-order valence-electron chi connectivity index (χ0n) is 13.3. The normalized spacial score (nSPS) is 16.3. The molecule has 1 aliphatic heterocycles. The Labute approximate surface area is 151 Å². The average Bonchev–Trinajstić information content (AvgIpc) is 2.56.